The molecule has 0 aliphatic heterocycles. The first-order valence-electron chi connectivity index (χ1n) is 7.26. The third-order valence-electron chi connectivity index (χ3n) is 3.81. The van der Waals surface area contributed by atoms with E-state index in [1.165, 1.54) is 7.11 Å². The van der Waals surface area contributed by atoms with Gasteiger partial charge >= 0.3 is 0 Å². The van der Waals surface area contributed by atoms with Gasteiger partial charge in [-0.05, 0) is 42.5 Å². The van der Waals surface area contributed by atoms with Crippen LogP contribution in [-0.2, 0) is 4.79 Å². The second-order valence-corrected chi connectivity index (χ2v) is 5.11. The first-order chi connectivity index (χ1) is 11.7. The van der Waals surface area contributed by atoms with Gasteiger partial charge < -0.3 is 19.8 Å². The molecule has 0 atom stereocenters. The summed E-state index contributed by atoms with van der Waals surface area (Å²) < 4.78 is 10.3. The molecule has 3 rings (SSSR count). The van der Waals surface area contributed by atoms with E-state index in [-0.39, 0.29) is 5.56 Å². The van der Waals surface area contributed by atoms with Crippen LogP contribution in [0.4, 0.5) is 5.69 Å². The van der Waals surface area contributed by atoms with Gasteiger partial charge in [-0.15, -0.1) is 0 Å². The molecule has 0 aliphatic carbocycles. The van der Waals surface area contributed by atoms with E-state index in [0.717, 1.165) is 5.56 Å². The molecule has 24 heavy (non-hydrogen) atoms. The average molecular weight is 324 g/mol. The highest BCUT2D eigenvalue weighted by atomic mass is 16.5. The van der Waals surface area contributed by atoms with Crippen LogP contribution < -0.4 is 20.3 Å². The van der Waals surface area contributed by atoms with Gasteiger partial charge in [-0.1, -0.05) is 0 Å². The second-order valence-electron chi connectivity index (χ2n) is 5.11. The van der Waals surface area contributed by atoms with Crippen molar-refractivity contribution in [2.75, 3.05) is 19.5 Å². The fourth-order valence-corrected chi connectivity index (χ4v) is 2.62. The molecule has 3 aromatic rings. The maximum atomic E-state index is 12.5. The van der Waals surface area contributed by atoms with Crippen LogP contribution in [0.3, 0.4) is 0 Å². The summed E-state index contributed by atoms with van der Waals surface area (Å²) >= 11 is 0. The third kappa shape index (κ3) is 2.69. The zero-order valence-electron chi connectivity index (χ0n) is 13.3. The highest BCUT2D eigenvalue weighted by Crippen LogP contribution is 2.33. The Balaban J connectivity index is 2.28. The number of ether oxygens (including phenoxy) is 2. The van der Waals surface area contributed by atoms with Gasteiger partial charge in [0.2, 0.25) is 6.41 Å². The number of carbonyl (C=O) groups excluding carboxylic acids is 1. The lowest BCUT2D eigenvalue weighted by molar-refractivity contribution is -0.105. The van der Waals surface area contributed by atoms with E-state index >= 15 is 0 Å². The van der Waals surface area contributed by atoms with Crippen LogP contribution in [0.1, 0.15) is 0 Å². The van der Waals surface area contributed by atoms with Crippen molar-refractivity contribution in [3.63, 3.8) is 0 Å². The van der Waals surface area contributed by atoms with E-state index in [1.807, 2.05) is 12.1 Å². The molecule has 0 radical (unpaired) electrons. The van der Waals surface area contributed by atoms with Crippen LogP contribution >= 0.6 is 0 Å². The monoisotopic (exact) mass is 324 g/mol. The molecule has 1 aromatic heterocycles. The van der Waals surface area contributed by atoms with E-state index in [2.05, 4.69) is 10.3 Å². The molecule has 122 valence electrons. The summed E-state index contributed by atoms with van der Waals surface area (Å²) in [5.74, 6) is 1.28. The predicted octanol–water partition coefficient (Wildman–Crippen LogP) is 2.78. The van der Waals surface area contributed by atoms with Crippen LogP contribution in [0.2, 0.25) is 0 Å². The van der Waals surface area contributed by atoms with Gasteiger partial charge in [-0.2, -0.15) is 0 Å². The predicted molar refractivity (Wildman–Crippen MR) is 92.8 cm³/mol. The molecule has 2 aromatic carbocycles. The zero-order valence-corrected chi connectivity index (χ0v) is 13.3. The van der Waals surface area contributed by atoms with Crippen LogP contribution in [0.15, 0.2) is 47.3 Å². The molecule has 0 bridgehead atoms. The smallest absolute Gasteiger partial charge is 0.256 e. The summed E-state index contributed by atoms with van der Waals surface area (Å²) in [6, 6.07) is 12.3. The van der Waals surface area contributed by atoms with E-state index in [9.17, 15) is 9.59 Å². The van der Waals surface area contributed by atoms with Crippen molar-refractivity contribution >= 4 is 22.9 Å². The number of hydrogen-bond donors (Lipinski definition) is 2. The maximum absolute atomic E-state index is 12.5. The molecule has 2 N–H and O–H groups in total. The van der Waals surface area contributed by atoms with Crippen molar-refractivity contribution in [3.05, 3.63) is 52.8 Å². The Bertz CT molecular complexity index is 946. The van der Waals surface area contributed by atoms with Gasteiger partial charge in [0.15, 0.2) is 0 Å². The Morgan fingerprint density at radius 1 is 0.958 bits per heavy atom. The molecular weight excluding hydrogens is 308 g/mol. The number of methoxy groups -OCH3 is 2. The summed E-state index contributed by atoms with van der Waals surface area (Å²) in [7, 11) is 3.12. The summed E-state index contributed by atoms with van der Waals surface area (Å²) in [6.07, 6.45) is 0.588. The number of carbonyl (C=O) groups is 1. The molecular formula is C18H16N2O4. The zero-order chi connectivity index (χ0) is 17.1. The SMILES string of the molecule is COc1ccc(-c2[nH]c(=O)c3cc(OC)ccc3c2NC=O)cc1. The number of benzene rings is 2. The minimum atomic E-state index is -0.258. The summed E-state index contributed by atoms with van der Waals surface area (Å²) in [5, 5.41) is 3.77. The van der Waals surface area contributed by atoms with E-state index in [4.69, 9.17) is 9.47 Å². The Labute approximate surface area is 138 Å². The lowest BCUT2D eigenvalue weighted by Gasteiger charge is -2.13. The van der Waals surface area contributed by atoms with Gasteiger partial charge in [-0.25, -0.2) is 0 Å². The largest absolute Gasteiger partial charge is 0.497 e. The van der Waals surface area contributed by atoms with Crippen LogP contribution in [0.25, 0.3) is 22.0 Å². The minimum absolute atomic E-state index is 0.258. The highest BCUT2D eigenvalue weighted by Gasteiger charge is 2.14. The number of aromatic amines is 1. The van der Waals surface area contributed by atoms with Gasteiger partial charge in [-0.3, -0.25) is 9.59 Å². The number of nitrogens with one attached hydrogen (secondary N) is 2. The number of fused-ring (bicyclic) bond motifs is 1. The number of aromatic nitrogens is 1. The molecule has 1 heterocycles. The van der Waals surface area contributed by atoms with Crippen LogP contribution in [-0.4, -0.2) is 25.6 Å². The van der Waals surface area contributed by atoms with Crippen LogP contribution in [0, 0.1) is 0 Å². The van der Waals surface area contributed by atoms with Gasteiger partial charge in [0.1, 0.15) is 11.5 Å². The number of anilines is 1. The van der Waals surface area contributed by atoms with Crippen molar-refractivity contribution < 1.29 is 14.3 Å². The Morgan fingerprint density at radius 2 is 1.62 bits per heavy atom. The normalized spacial score (nSPS) is 10.4. The average Bonchev–Trinajstić information content (AvgIpc) is 2.63. The molecule has 0 fully saturated rings. The quantitative estimate of drug-likeness (QED) is 0.707. The van der Waals surface area contributed by atoms with Crippen molar-refractivity contribution in [2.24, 2.45) is 0 Å². The topological polar surface area (TPSA) is 80.4 Å². The van der Waals surface area contributed by atoms with Crippen molar-refractivity contribution in [1.29, 1.82) is 0 Å². The lowest BCUT2D eigenvalue weighted by atomic mass is 10.0. The number of amides is 1. The third-order valence-corrected chi connectivity index (χ3v) is 3.81. The molecule has 0 unspecified atom stereocenters. The molecule has 0 saturated heterocycles. The molecule has 0 saturated carbocycles. The van der Waals surface area contributed by atoms with Crippen molar-refractivity contribution in [2.45, 2.75) is 0 Å². The summed E-state index contributed by atoms with van der Waals surface area (Å²) in [6.45, 7) is 0. The van der Waals surface area contributed by atoms with Crippen molar-refractivity contribution in [1.82, 2.24) is 4.98 Å². The minimum Gasteiger partial charge on any atom is -0.497 e. The fraction of sp³-hybridized carbons (Fsp3) is 0.111. The first-order valence-corrected chi connectivity index (χ1v) is 7.26. The standard InChI is InChI=1S/C18H16N2O4/c1-23-12-5-3-11(4-6-12)16-17(19-10-21)14-8-7-13(24-2)9-15(14)18(22)20-16/h3-10H,1-2H3,(H,19,21)(H,20,22). The molecule has 6 nitrogen and oxygen atoms in total. The second kappa shape index (κ2) is 6.45. The molecule has 6 heteroatoms. The van der Waals surface area contributed by atoms with E-state index < -0.39 is 0 Å². The Hall–Kier alpha value is -3.28. The maximum Gasteiger partial charge on any atom is 0.256 e. The van der Waals surface area contributed by atoms with Crippen molar-refractivity contribution in [3.8, 4) is 22.8 Å². The summed E-state index contributed by atoms with van der Waals surface area (Å²) in [4.78, 5) is 26.4. The molecule has 0 aliphatic rings. The summed E-state index contributed by atoms with van der Waals surface area (Å²) in [5.41, 5.74) is 1.57. The lowest BCUT2D eigenvalue weighted by Crippen LogP contribution is -2.11. The highest BCUT2D eigenvalue weighted by molar-refractivity contribution is 6.03. The van der Waals surface area contributed by atoms with Gasteiger partial charge in [0, 0.05) is 10.9 Å². The first kappa shape index (κ1) is 15.6. The van der Waals surface area contributed by atoms with Gasteiger partial charge in [0.25, 0.3) is 5.56 Å². The number of pyridine rings is 1. The van der Waals surface area contributed by atoms with Gasteiger partial charge in [0.05, 0.1) is 31.0 Å². The van der Waals surface area contributed by atoms with E-state index in [0.29, 0.717) is 40.1 Å². The van der Waals surface area contributed by atoms with E-state index in [1.54, 1.807) is 37.4 Å². The fourth-order valence-electron chi connectivity index (χ4n) is 2.62. The Kier molecular flexibility index (Phi) is 4.20. The number of H-pyrrole nitrogens is 1. The van der Waals surface area contributed by atoms with Crippen LogP contribution in [0.5, 0.6) is 11.5 Å². The molecule has 0 spiro atoms. The number of rotatable bonds is 5. The Morgan fingerprint density at radius 3 is 2.25 bits per heavy atom. The number of hydrogen-bond acceptors (Lipinski definition) is 4. The molecule has 1 amide bonds.